The lowest BCUT2D eigenvalue weighted by Crippen LogP contribution is -2.40. The predicted molar refractivity (Wildman–Crippen MR) is 312 cm³/mol. The van der Waals surface area contributed by atoms with Crippen LogP contribution in [-0.2, 0) is 60.4 Å². The molecule has 0 aliphatic carbocycles. The summed E-state index contributed by atoms with van der Waals surface area (Å²) < 4.78 is 97.2. The molecule has 2 aliphatic rings. The summed E-state index contributed by atoms with van der Waals surface area (Å²) in [4.78, 5) is 68.2. The number of rotatable bonds is 39. The number of carbonyl (C=O) groups excluding carboxylic acids is 4. The topological polar surface area (TPSA) is 313 Å². The molecule has 27 nitrogen and oxygen atoms in total. The number of methoxy groups -OCH3 is 1. The van der Waals surface area contributed by atoms with Gasteiger partial charge in [0.05, 0.1) is 172 Å². The molecule has 2 saturated heterocycles. The number of amides is 2. The SMILES string of the molecule is COc1cnc(-n2cnc(C(=O)N[C@H]3C[C@@H](CO)N(CCc4cn(CCOCCOCCOCCOCCOCCOCCOCCOCCC(=O)Oc5c(F)cc(F)cc5F)nn4)C3)n2)c2[nH]cc(C(=O)C(=O)N3CCC(=C(C#N)c4ccccc4)CC3)c12. The van der Waals surface area contributed by atoms with Crippen molar-refractivity contribution >= 4 is 40.0 Å². The lowest BCUT2D eigenvalue weighted by atomic mass is 9.93. The second-order valence-electron chi connectivity index (χ2n) is 20.5. The first-order valence-electron chi connectivity index (χ1n) is 29.4. The Bertz CT molecular complexity index is 3330. The lowest BCUT2D eigenvalue weighted by Gasteiger charge is -2.28. The van der Waals surface area contributed by atoms with E-state index in [1.165, 1.54) is 35.4 Å². The van der Waals surface area contributed by atoms with Crippen LogP contribution in [0.4, 0.5) is 13.2 Å². The fraction of sp³-hybridized carbons (Fsp3) is 0.500. The Morgan fingerprint density at radius 2 is 1.39 bits per heavy atom. The van der Waals surface area contributed by atoms with E-state index in [2.05, 4.69) is 51.4 Å². The minimum Gasteiger partial charge on any atom is -0.494 e. The number of piperidine rings is 1. The average molecular weight is 1260 g/mol. The molecular weight excluding hydrogens is 1190 g/mol. The normalized spacial score (nSPS) is 15.2. The number of aromatic nitrogens is 8. The smallest absolute Gasteiger partial charge is 0.313 e. The number of fused-ring (bicyclic) bond motifs is 1. The number of ketones is 1. The number of hydrogen-bond donors (Lipinski definition) is 3. The number of carbonyl (C=O) groups is 4. The number of benzene rings is 2. The first kappa shape index (κ1) is 67.8. The summed E-state index contributed by atoms with van der Waals surface area (Å²) in [7, 11) is 1.43. The maximum Gasteiger partial charge on any atom is 0.313 e. The van der Waals surface area contributed by atoms with Crippen molar-refractivity contribution in [1.82, 2.24) is 54.8 Å². The van der Waals surface area contributed by atoms with Crippen molar-refractivity contribution in [2.45, 2.75) is 50.7 Å². The van der Waals surface area contributed by atoms with Gasteiger partial charge in [-0.05, 0) is 30.4 Å². The van der Waals surface area contributed by atoms with E-state index >= 15 is 0 Å². The summed E-state index contributed by atoms with van der Waals surface area (Å²) in [6.45, 7) is 7.35. The van der Waals surface area contributed by atoms with Gasteiger partial charge in [0.25, 0.3) is 17.6 Å². The van der Waals surface area contributed by atoms with Crippen molar-refractivity contribution in [3.63, 3.8) is 0 Å². The molecule has 0 spiro atoms. The zero-order chi connectivity index (χ0) is 63.5. The minimum atomic E-state index is -1.31. The highest BCUT2D eigenvalue weighted by Crippen LogP contribution is 2.33. The first-order chi connectivity index (χ1) is 43.9. The fourth-order valence-electron chi connectivity index (χ4n) is 9.89. The summed E-state index contributed by atoms with van der Waals surface area (Å²) >= 11 is 0. The van der Waals surface area contributed by atoms with E-state index in [4.69, 9.17) is 42.6 Å². The van der Waals surface area contributed by atoms with Gasteiger partial charge in [-0.3, -0.25) is 24.1 Å². The molecule has 2 aromatic carbocycles. The zero-order valence-electron chi connectivity index (χ0n) is 49.9. The highest BCUT2D eigenvalue weighted by molar-refractivity contribution is 6.45. The third-order valence-corrected chi connectivity index (χ3v) is 14.4. The van der Waals surface area contributed by atoms with Crippen LogP contribution in [0.1, 0.15) is 57.9 Å². The summed E-state index contributed by atoms with van der Waals surface area (Å²) in [6, 6.07) is 12.0. The van der Waals surface area contributed by atoms with E-state index in [1.807, 2.05) is 36.5 Å². The maximum absolute atomic E-state index is 13.9. The molecule has 6 aromatic rings. The van der Waals surface area contributed by atoms with Crippen LogP contribution in [0.2, 0.25) is 0 Å². The van der Waals surface area contributed by atoms with E-state index in [-0.39, 0.29) is 81.0 Å². The van der Waals surface area contributed by atoms with Gasteiger partial charge in [-0.1, -0.05) is 35.5 Å². The van der Waals surface area contributed by atoms with Gasteiger partial charge < -0.3 is 67.7 Å². The molecule has 2 fully saturated rings. The number of ether oxygens (including phenoxy) is 10. The second-order valence-corrected chi connectivity index (χ2v) is 20.5. The van der Waals surface area contributed by atoms with E-state index in [9.17, 15) is 42.7 Å². The highest BCUT2D eigenvalue weighted by atomic mass is 19.1. The molecule has 2 amide bonds. The number of Topliss-reactive ketones (excluding diaryl/α,β-unsaturated/α-hetero) is 1. The molecular formula is C60H73F3N12O15. The predicted octanol–water partition coefficient (Wildman–Crippen LogP) is 3.48. The number of pyridine rings is 1. The standard InChI is InChI=1S/C60H73F3N12O15/c1-81-51-36-66-58(54-53(51)48(35-65-54)55(78)60(80)72-11-7-42(8-12-72)47(34-64)41-5-3-2-4-6-41)75-40-67-57(70-75)59(79)68-45-33-46(39-76)73(37-45)13-9-44-38-74(71-69-44)14-16-83-18-20-85-22-24-87-26-28-89-30-29-88-27-25-86-23-21-84-19-17-82-15-10-52(77)90-56-49(62)31-43(61)32-50(56)63/h2-6,31-32,35-36,38,40,45-46,65,76H,7-30,33,37,39H2,1H3,(H,68,79)/t45-,46-/m0/s1. The Labute approximate surface area is 516 Å². The van der Waals surface area contributed by atoms with Crippen molar-refractivity contribution in [2.24, 2.45) is 0 Å². The molecule has 8 rings (SSSR count). The average Bonchev–Trinajstić information content (AvgIpc) is 1.64. The Kier molecular flexibility index (Phi) is 27.1. The molecule has 90 heavy (non-hydrogen) atoms. The zero-order valence-corrected chi connectivity index (χ0v) is 49.9. The summed E-state index contributed by atoms with van der Waals surface area (Å²) in [6.07, 6.45) is 7.73. The number of likely N-dealkylation sites (tertiary alicyclic amines) is 2. The highest BCUT2D eigenvalue weighted by Gasteiger charge is 2.34. The van der Waals surface area contributed by atoms with Gasteiger partial charge in [0.1, 0.15) is 17.9 Å². The van der Waals surface area contributed by atoms with Crippen LogP contribution in [0.15, 0.2) is 73.0 Å². The van der Waals surface area contributed by atoms with Crippen molar-refractivity contribution in [1.29, 1.82) is 5.26 Å². The molecule has 2 atom stereocenters. The number of nitrogens with one attached hydrogen (secondary N) is 2. The minimum absolute atomic E-state index is 0.0566. The Hall–Kier alpha value is -8.09. The van der Waals surface area contributed by atoms with Crippen LogP contribution < -0.4 is 14.8 Å². The number of hydrogen-bond acceptors (Lipinski definition) is 22. The van der Waals surface area contributed by atoms with Crippen LogP contribution in [0.3, 0.4) is 0 Å². The number of H-pyrrole nitrogens is 1. The quantitative estimate of drug-likeness (QED) is 0.0124. The molecule has 484 valence electrons. The van der Waals surface area contributed by atoms with Crippen LogP contribution in [0, 0.1) is 28.8 Å². The van der Waals surface area contributed by atoms with E-state index < -0.39 is 46.8 Å². The molecule has 3 N–H and O–H groups in total. The van der Waals surface area contributed by atoms with Crippen LogP contribution in [0.25, 0.3) is 22.3 Å². The molecule has 2 aliphatic heterocycles. The number of nitriles is 1. The van der Waals surface area contributed by atoms with Gasteiger partial charge in [0.2, 0.25) is 11.6 Å². The second kappa shape index (κ2) is 35.9. The molecule has 30 heteroatoms. The van der Waals surface area contributed by atoms with E-state index in [0.29, 0.717) is 160 Å². The third kappa shape index (κ3) is 20.0. The monoisotopic (exact) mass is 1260 g/mol. The van der Waals surface area contributed by atoms with Crippen LogP contribution in [-0.4, -0.2) is 236 Å². The number of esters is 1. The van der Waals surface area contributed by atoms with Crippen LogP contribution in [0.5, 0.6) is 11.5 Å². The Morgan fingerprint density at radius 3 is 1.98 bits per heavy atom. The molecule has 0 saturated carbocycles. The first-order valence-corrected chi connectivity index (χ1v) is 29.4. The number of allylic oxidation sites excluding steroid dienone is 1. The van der Waals surface area contributed by atoms with Crippen molar-refractivity contribution < 1.29 is 84.8 Å². The maximum atomic E-state index is 13.9. The van der Waals surface area contributed by atoms with Crippen LogP contribution >= 0.6 is 0 Å². The van der Waals surface area contributed by atoms with Gasteiger partial charge in [-0.25, -0.2) is 27.8 Å². The molecule has 0 unspecified atom stereocenters. The summed E-state index contributed by atoms with van der Waals surface area (Å²) in [5.41, 5.74) is 3.52. The van der Waals surface area contributed by atoms with Gasteiger partial charge in [0.15, 0.2) is 17.5 Å². The summed E-state index contributed by atoms with van der Waals surface area (Å²) in [5.74, 6) is -7.25. The van der Waals surface area contributed by atoms with E-state index in [0.717, 1.165) is 16.8 Å². The molecule has 0 bridgehead atoms. The Balaban J connectivity index is 0.621. The number of nitrogens with zero attached hydrogens (tertiary/aromatic N) is 10. The van der Waals surface area contributed by atoms with Gasteiger partial charge >= 0.3 is 5.97 Å². The molecule has 6 heterocycles. The van der Waals surface area contributed by atoms with E-state index in [1.54, 1.807) is 4.68 Å². The largest absolute Gasteiger partial charge is 0.494 e. The van der Waals surface area contributed by atoms with Crippen molar-refractivity contribution in [2.75, 3.05) is 146 Å². The van der Waals surface area contributed by atoms with Gasteiger partial charge in [0, 0.05) is 69.2 Å². The number of halogens is 3. The number of aliphatic hydroxyl groups excluding tert-OH is 1. The van der Waals surface area contributed by atoms with Gasteiger partial charge in [-0.15, -0.1) is 10.2 Å². The Morgan fingerprint density at radius 1 is 0.789 bits per heavy atom. The third-order valence-electron chi connectivity index (χ3n) is 14.4. The molecule has 4 aromatic heterocycles. The van der Waals surface area contributed by atoms with Crippen molar-refractivity contribution in [3.8, 4) is 23.4 Å². The molecule has 0 radical (unpaired) electrons. The van der Waals surface area contributed by atoms with Crippen molar-refractivity contribution in [3.05, 3.63) is 113 Å². The van der Waals surface area contributed by atoms with Gasteiger partial charge in [-0.2, -0.15) is 9.94 Å². The number of aromatic amines is 1. The lowest BCUT2D eigenvalue weighted by molar-refractivity contribution is -0.136. The summed E-state index contributed by atoms with van der Waals surface area (Å²) in [5, 5.41) is 36.4. The fourth-order valence-corrected chi connectivity index (χ4v) is 9.89. The number of aliphatic hydroxyl groups is 1.